The fourth-order valence-corrected chi connectivity index (χ4v) is 9.13. The Labute approximate surface area is 256 Å². The molecule has 7 nitrogen and oxygen atoms in total. The number of aliphatic imine (C=N–C) groups is 2. The standard InChI is InChI=1S/C33H40ClF2N5O2/c1-39-15-5-14-33(13-4-10-27(33)39)19-43-32-37-23-16-40(24-9-3-7-20-6-2-8-22(34)28(20)24)17-26-29(23)31(38-32)41(21-11-12-21)25(18-42-26)30(35)36/h2-3,6-9,21,23,25-27,29-30H,4-5,10-19H2,1H3/t23?,25?,26?,27-,29?,33-/m1/s1. The van der Waals surface area contributed by atoms with Crippen LogP contribution in [0.15, 0.2) is 46.4 Å². The molecule has 4 unspecified atom stereocenters. The normalized spacial score (nSPS) is 34.5. The first-order valence-electron chi connectivity index (χ1n) is 16.0. The Morgan fingerprint density at radius 3 is 2.72 bits per heavy atom. The van der Waals surface area contributed by atoms with Crippen LogP contribution in [0.2, 0.25) is 5.02 Å². The molecule has 2 aromatic rings. The Balaban J connectivity index is 1.16. The second-order valence-corrected chi connectivity index (χ2v) is 14.0. The van der Waals surface area contributed by atoms with E-state index in [2.05, 4.69) is 35.0 Å². The molecule has 5 fully saturated rings. The molecule has 0 bridgehead atoms. The minimum absolute atomic E-state index is 0.0292. The van der Waals surface area contributed by atoms with Crippen LogP contribution in [0.25, 0.3) is 10.8 Å². The van der Waals surface area contributed by atoms with Gasteiger partial charge in [-0.3, -0.25) is 0 Å². The summed E-state index contributed by atoms with van der Waals surface area (Å²) in [5.41, 5.74) is 1.11. The average molecular weight is 612 g/mol. The number of alkyl halides is 2. The molecule has 6 aliphatic rings. The molecular weight excluding hydrogens is 572 g/mol. The van der Waals surface area contributed by atoms with E-state index in [1.807, 2.05) is 23.1 Å². The van der Waals surface area contributed by atoms with E-state index in [-0.39, 0.29) is 36.1 Å². The molecule has 8 rings (SSSR count). The second kappa shape index (κ2) is 10.8. The summed E-state index contributed by atoms with van der Waals surface area (Å²) in [4.78, 5) is 16.8. The van der Waals surface area contributed by atoms with Gasteiger partial charge in [0.05, 0.1) is 36.3 Å². The SMILES string of the molecule is CN1CCC[C@@]2(COC3=NC4CN(c5cccc6cccc(Cl)c56)CC5OCC(C(F)F)N(C6CC6)C(=N3)C45)CCC[C@@H]12. The maximum atomic E-state index is 14.6. The highest BCUT2D eigenvalue weighted by atomic mass is 35.5. The van der Waals surface area contributed by atoms with Gasteiger partial charge in [-0.25, -0.2) is 13.8 Å². The number of ether oxygens (including phenoxy) is 2. The maximum absolute atomic E-state index is 14.6. The Morgan fingerprint density at radius 2 is 1.91 bits per heavy atom. The molecule has 0 amide bonds. The topological polar surface area (TPSA) is 52.9 Å². The predicted octanol–water partition coefficient (Wildman–Crippen LogP) is 5.84. The van der Waals surface area contributed by atoms with Gasteiger partial charge in [-0.05, 0) is 69.6 Å². The predicted molar refractivity (Wildman–Crippen MR) is 166 cm³/mol. The number of likely N-dealkylation sites (tertiary alicyclic amines) is 1. The molecule has 2 aliphatic carbocycles. The molecule has 2 saturated carbocycles. The van der Waals surface area contributed by atoms with E-state index in [1.54, 1.807) is 0 Å². The monoisotopic (exact) mass is 611 g/mol. The van der Waals surface area contributed by atoms with E-state index >= 15 is 0 Å². The lowest BCUT2D eigenvalue weighted by atomic mass is 9.76. The Bertz CT molecular complexity index is 1450. The molecule has 4 aliphatic heterocycles. The lowest BCUT2D eigenvalue weighted by Gasteiger charge is -2.46. The van der Waals surface area contributed by atoms with Crippen LogP contribution in [0.4, 0.5) is 14.5 Å². The Hall–Kier alpha value is -2.49. The number of nitrogens with zero attached hydrogens (tertiary/aromatic N) is 5. The smallest absolute Gasteiger partial charge is 0.313 e. The number of rotatable bonds is 5. The van der Waals surface area contributed by atoms with Crippen LogP contribution >= 0.6 is 11.6 Å². The molecule has 43 heavy (non-hydrogen) atoms. The number of amidine groups is 2. The summed E-state index contributed by atoms with van der Waals surface area (Å²) in [5.74, 6) is 0.499. The molecule has 0 radical (unpaired) electrons. The minimum atomic E-state index is -2.53. The summed E-state index contributed by atoms with van der Waals surface area (Å²) in [7, 11) is 2.23. The molecule has 10 heteroatoms. The fourth-order valence-electron chi connectivity index (χ4n) is 8.85. The zero-order chi connectivity index (χ0) is 29.3. The molecule has 0 spiro atoms. The highest BCUT2D eigenvalue weighted by molar-refractivity contribution is 6.36. The van der Waals surface area contributed by atoms with Gasteiger partial charge in [0.2, 0.25) is 0 Å². The molecule has 6 atom stereocenters. The lowest BCUT2D eigenvalue weighted by Crippen LogP contribution is -2.59. The Morgan fingerprint density at radius 1 is 1.09 bits per heavy atom. The van der Waals surface area contributed by atoms with Crippen molar-refractivity contribution in [2.75, 3.05) is 44.8 Å². The van der Waals surface area contributed by atoms with Crippen molar-refractivity contribution in [3.63, 3.8) is 0 Å². The maximum Gasteiger partial charge on any atom is 0.313 e. The van der Waals surface area contributed by atoms with E-state index in [9.17, 15) is 8.78 Å². The third-order valence-corrected chi connectivity index (χ3v) is 11.3. The molecule has 3 saturated heterocycles. The molecule has 0 N–H and O–H groups in total. The third kappa shape index (κ3) is 4.81. The van der Waals surface area contributed by atoms with Crippen LogP contribution in [0.5, 0.6) is 0 Å². The van der Waals surface area contributed by atoms with Crippen molar-refractivity contribution < 1.29 is 18.3 Å². The van der Waals surface area contributed by atoms with E-state index in [1.165, 1.54) is 12.8 Å². The molecule has 0 aromatic heterocycles. The highest BCUT2D eigenvalue weighted by Crippen LogP contribution is 2.48. The van der Waals surface area contributed by atoms with Crippen molar-refractivity contribution in [1.29, 1.82) is 0 Å². The summed E-state index contributed by atoms with van der Waals surface area (Å²) in [6, 6.07) is 11.8. The zero-order valence-electron chi connectivity index (χ0n) is 24.7. The second-order valence-electron chi connectivity index (χ2n) is 13.6. The lowest BCUT2D eigenvalue weighted by molar-refractivity contribution is -0.0269. The first kappa shape index (κ1) is 28.0. The molecule has 230 valence electrons. The number of fused-ring (bicyclic) bond motifs is 2. The van der Waals surface area contributed by atoms with Crippen molar-refractivity contribution in [1.82, 2.24) is 9.80 Å². The van der Waals surface area contributed by atoms with Gasteiger partial charge in [0, 0.05) is 41.7 Å². The minimum Gasteiger partial charge on any atom is -0.463 e. The van der Waals surface area contributed by atoms with Gasteiger partial charge in [0.25, 0.3) is 6.43 Å². The van der Waals surface area contributed by atoms with Gasteiger partial charge in [-0.1, -0.05) is 42.3 Å². The number of anilines is 1. The van der Waals surface area contributed by atoms with Gasteiger partial charge in [-0.15, -0.1) is 0 Å². The molecule has 4 heterocycles. The number of piperidine rings is 2. The zero-order valence-corrected chi connectivity index (χ0v) is 25.4. The van der Waals surface area contributed by atoms with Gasteiger partial charge < -0.3 is 24.2 Å². The number of benzene rings is 2. The van der Waals surface area contributed by atoms with E-state index in [0.717, 1.165) is 55.1 Å². The van der Waals surface area contributed by atoms with Crippen molar-refractivity contribution >= 4 is 39.9 Å². The number of halogens is 3. The van der Waals surface area contributed by atoms with Crippen LogP contribution in [-0.4, -0.2) is 98.2 Å². The number of hydrogen-bond donors (Lipinski definition) is 0. The van der Waals surface area contributed by atoms with Crippen LogP contribution in [0.3, 0.4) is 0 Å². The van der Waals surface area contributed by atoms with Crippen LogP contribution in [0, 0.1) is 11.3 Å². The third-order valence-electron chi connectivity index (χ3n) is 11.0. The van der Waals surface area contributed by atoms with Crippen LogP contribution in [0.1, 0.15) is 44.9 Å². The van der Waals surface area contributed by atoms with Gasteiger partial charge in [0.15, 0.2) is 0 Å². The van der Waals surface area contributed by atoms with Crippen molar-refractivity contribution in [3.05, 3.63) is 41.4 Å². The van der Waals surface area contributed by atoms with Gasteiger partial charge >= 0.3 is 6.02 Å². The van der Waals surface area contributed by atoms with E-state index in [4.69, 9.17) is 31.1 Å². The van der Waals surface area contributed by atoms with Crippen LogP contribution in [-0.2, 0) is 9.47 Å². The van der Waals surface area contributed by atoms with Crippen molar-refractivity contribution in [3.8, 4) is 0 Å². The van der Waals surface area contributed by atoms with E-state index in [0.29, 0.717) is 42.6 Å². The van der Waals surface area contributed by atoms with Gasteiger partial charge in [0.1, 0.15) is 11.9 Å². The summed E-state index contributed by atoms with van der Waals surface area (Å²) < 4.78 is 42.2. The van der Waals surface area contributed by atoms with Crippen molar-refractivity contribution in [2.45, 2.75) is 81.6 Å². The summed E-state index contributed by atoms with van der Waals surface area (Å²) in [6.07, 6.45) is 4.79. The molecular formula is C33H40ClF2N5O2. The van der Waals surface area contributed by atoms with E-state index < -0.39 is 12.5 Å². The first-order chi connectivity index (χ1) is 20.9. The van der Waals surface area contributed by atoms with Crippen LogP contribution < -0.4 is 4.90 Å². The Kier molecular flexibility index (Phi) is 7.06. The molecule has 2 aromatic carbocycles. The summed E-state index contributed by atoms with van der Waals surface area (Å²) >= 11 is 6.74. The largest absolute Gasteiger partial charge is 0.463 e. The summed E-state index contributed by atoms with van der Waals surface area (Å²) in [5, 5.41) is 2.74. The fraction of sp³-hybridized carbons (Fsp3) is 0.636. The van der Waals surface area contributed by atoms with Crippen molar-refractivity contribution in [2.24, 2.45) is 21.3 Å². The number of hydrogen-bond acceptors (Lipinski definition) is 7. The highest BCUT2D eigenvalue weighted by Gasteiger charge is 2.53. The average Bonchev–Trinajstić information content (AvgIpc) is 3.77. The van der Waals surface area contributed by atoms with Gasteiger partial charge in [-0.2, -0.15) is 4.99 Å². The summed E-state index contributed by atoms with van der Waals surface area (Å²) in [6.45, 7) is 2.83. The first-order valence-corrected chi connectivity index (χ1v) is 16.4. The quantitative estimate of drug-likeness (QED) is 0.425.